The summed E-state index contributed by atoms with van der Waals surface area (Å²) >= 11 is 5.61. The number of anilines is 1. The van der Waals surface area contributed by atoms with Crippen molar-refractivity contribution in [3.8, 4) is 0 Å². The van der Waals surface area contributed by atoms with Crippen LogP contribution < -0.4 is 10.6 Å². The predicted octanol–water partition coefficient (Wildman–Crippen LogP) is 4.66. The molecule has 3 rings (SSSR count). The summed E-state index contributed by atoms with van der Waals surface area (Å²) in [5.41, 5.74) is 6.78. The van der Waals surface area contributed by atoms with Gasteiger partial charge in [0.1, 0.15) is 0 Å². The number of hydrogen-bond acceptors (Lipinski definition) is 1. The highest BCUT2D eigenvalue weighted by Gasteiger charge is 2.19. The monoisotopic (exact) mass is 338 g/mol. The average Bonchev–Trinajstić information content (AvgIpc) is 2.61. The second kappa shape index (κ2) is 7.80. The van der Waals surface area contributed by atoms with Crippen LogP contribution in [0.5, 0.6) is 0 Å². The third-order valence-corrected chi connectivity index (χ3v) is 5.14. The van der Waals surface area contributed by atoms with E-state index in [1.54, 1.807) is 0 Å². The molecule has 0 aromatic heterocycles. The van der Waals surface area contributed by atoms with E-state index in [9.17, 15) is 0 Å². The number of hydrogen-bond donors (Lipinski definition) is 2. The van der Waals surface area contributed by atoms with Gasteiger partial charge in [-0.3, -0.25) is 0 Å². The molecule has 2 aromatic carbocycles. The number of rotatable bonds is 4. The molecule has 1 unspecified atom stereocenters. The molecule has 3 heteroatoms. The first kappa shape index (κ1) is 17.0. The minimum absolute atomic E-state index is 0.416. The predicted molar refractivity (Wildman–Crippen MR) is 107 cm³/mol. The summed E-state index contributed by atoms with van der Waals surface area (Å²) in [6.45, 7) is 4.38. The van der Waals surface area contributed by atoms with E-state index in [0.717, 1.165) is 37.2 Å². The maximum absolute atomic E-state index is 5.61. The largest absolute Gasteiger partial charge is 0.359 e. The molecule has 2 aromatic rings. The van der Waals surface area contributed by atoms with E-state index in [2.05, 4.69) is 66.9 Å². The summed E-state index contributed by atoms with van der Waals surface area (Å²) in [6.07, 6.45) is 5.33. The Hall–Kier alpha value is -1.87. The standard InChI is InChI=1S/C21H26N2S/c1-3-15-10-7-11-16(4-2)20(15)23-21(24)22-19-13-12-17-8-5-6-9-18(17)14-19/h5-11,19H,3-4,12-14H2,1-2H3,(H2,22,23,24). The average molecular weight is 339 g/mol. The van der Waals surface area contributed by atoms with Crippen molar-refractivity contribution in [1.82, 2.24) is 5.32 Å². The summed E-state index contributed by atoms with van der Waals surface area (Å²) < 4.78 is 0. The van der Waals surface area contributed by atoms with E-state index in [0.29, 0.717) is 6.04 Å². The van der Waals surface area contributed by atoms with E-state index in [1.807, 2.05) is 0 Å². The van der Waals surface area contributed by atoms with Crippen LogP contribution in [0.1, 0.15) is 42.5 Å². The van der Waals surface area contributed by atoms with Crippen molar-refractivity contribution >= 4 is 23.0 Å². The van der Waals surface area contributed by atoms with Gasteiger partial charge >= 0.3 is 0 Å². The molecule has 0 fully saturated rings. The van der Waals surface area contributed by atoms with Gasteiger partial charge in [0.05, 0.1) is 0 Å². The van der Waals surface area contributed by atoms with Gasteiger partial charge in [0.15, 0.2) is 5.11 Å². The molecule has 0 aliphatic heterocycles. The van der Waals surface area contributed by atoms with Crippen LogP contribution in [-0.2, 0) is 25.7 Å². The van der Waals surface area contributed by atoms with Crippen molar-refractivity contribution in [2.75, 3.05) is 5.32 Å². The Morgan fingerprint density at radius 3 is 2.33 bits per heavy atom. The van der Waals surface area contributed by atoms with Crippen molar-refractivity contribution in [3.05, 3.63) is 64.7 Å². The van der Waals surface area contributed by atoms with Gasteiger partial charge in [0.2, 0.25) is 0 Å². The van der Waals surface area contributed by atoms with Gasteiger partial charge in [-0.05, 0) is 66.6 Å². The summed E-state index contributed by atoms with van der Waals surface area (Å²) in [5, 5.41) is 7.75. The Kier molecular flexibility index (Phi) is 5.52. The van der Waals surface area contributed by atoms with Crippen LogP contribution in [-0.4, -0.2) is 11.2 Å². The zero-order valence-corrected chi connectivity index (χ0v) is 15.4. The Labute approximate surface area is 150 Å². The normalized spacial score (nSPS) is 16.3. The zero-order chi connectivity index (χ0) is 16.9. The fraction of sp³-hybridized carbons (Fsp3) is 0.381. The first-order valence-electron chi connectivity index (χ1n) is 8.96. The topological polar surface area (TPSA) is 24.1 Å². The van der Waals surface area contributed by atoms with Gasteiger partial charge in [-0.15, -0.1) is 0 Å². The lowest BCUT2D eigenvalue weighted by molar-refractivity contribution is 0.531. The van der Waals surface area contributed by atoms with Crippen LogP contribution in [0.2, 0.25) is 0 Å². The highest BCUT2D eigenvalue weighted by Crippen LogP contribution is 2.24. The highest BCUT2D eigenvalue weighted by molar-refractivity contribution is 7.80. The highest BCUT2D eigenvalue weighted by atomic mass is 32.1. The molecule has 1 aliphatic rings. The molecule has 0 saturated carbocycles. The minimum Gasteiger partial charge on any atom is -0.359 e. The third kappa shape index (κ3) is 3.78. The van der Waals surface area contributed by atoms with Gasteiger partial charge in [-0.2, -0.15) is 0 Å². The molecule has 0 saturated heterocycles. The first-order valence-corrected chi connectivity index (χ1v) is 9.37. The number of para-hydroxylation sites is 1. The maximum Gasteiger partial charge on any atom is 0.171 e. The molecular weight excluding hydrogens is 312 g/mol. The lowest BCUT2D eigenvalue weighted by Gasteiger charge is -2.27. The SMILES string of the molecule is CCc1cccc(CC)c1NC(=S)NC1CCc2ccccc2C1. The molecule has 1 aliphatic carbocycles. The first-order chi connectivity index (χ1) is 11.7. The number of aryl methyl sites for hydroxylation is 3. The van der Waals surface area contributed by atoms with Crippen molar-refractivity contribution < 1.29 is 0 Å². The second-order valence-corrected chi connectivity index (χ2v) is 6.87. The summed E-state index contributed by atoms with van der Waals surface area (Å²) in [7, 11) is 0. The maximum atomic E-state index is 5.61. The molecule has 0 radical (unpaired) electrons. The van der Waals surface area contributed by atoms with Crippen LogP contribution in [0.25, 0.3) is 0 Å². The van der Waals surface area contributed by atoms with E-state index in [4.69, 9.17) is 12.2 Å². The van der Waals surface area contributed by atoms with E-state index < -0.39 is 0 Å². The quantitative estimate of drug-likeness (QED) is 0.793. The van der Waals surface area contributed by atoms with Crippen molar-refractivity contribution in [2.45, 2.75) is 52.0 Å². The number of fused-ring (bicyclic) bond motifs is 1. The molecule has 2 N–H and O–H groups in total. The summed E-state index contributed by atoms with van der Waals surface area (Å²) in [5.74, 6) is 0. The molecule has 1 atom stereocenters. The molecule has 0 spiro atoms. The Bertz CT molecular complexity index is 701. The fourth-order valence-corrected chi connectivity index (χ4v) is 3.83. The Morgan fingerprint density at radius 1 is 1.00 bits per heavy atom. The molecule has 0 bridgehead atoms. The van der Waals surface area contributed by atoms with E-state index >= 15 is 0 Å². The fourth-order valence-electron chi connectivity index (χ4n) is 3.56. The van der Waals surface area contributed by atoms with Crippen LogP contribution in [0.15, 0.2) is 42.5 Å². The molecule has 2 nitrogen and oxygen atoms in total. The van der Waals surface area contributed by atoms with Crippen LogP contribution in [0.4, 0.5) is 5.69 Å². The summed E-state index contributed by atoms with van der Waals surface area (Å²) in [6, 6.07) is 15.7. The van der Waals surface area contributed by atoms with Crippen molar-refractivity contribution in [1.29, 1.82) is 0 Å². The van der Waals surface area contributed by atoms with E-state index in [1.165, 1.54) is 27.9 Å². The summed E-state index contributed by atoms with van der Waals surface area (Å²) in [4.78, 5) is 0. The smallest absolute Gasteiger partial charge is 0.171 e. The van der Waals surface area contributed by atoms with Crippen LogP contribution in [0.3, 0.4) is 0 Å². The van der Waals surface area contributed by atoms with E-state index in [-0.39, 0.29) is 0 Å². The van der Waals surface area contributed by atoms with Crippen LogP contribution in [0, 0.1) is 0 Å². The van der Waals surface area contributed by atoms with Crippen molar-refractivity contribution in [2.24, 2.45) is 0 Å². The lowest BCUT2D eigenvalue weighted by atomic mass is 9.88. The van der Waals surface area contributed by atoms with Gasteiger partial charge in [-0.1, -0.05) is 56.3 Å². The number of benzene rings is 2. The van der Waals surface area contributed by atoms with Gasteiger partial charge in [-0.25, -0.2) is 0 Å². The Balaban J connectivity index is 1.67. The molecule has 0 amide bonds. The number of nitrogens with one attached hydrogen (secondary N) is 2. The molecular formula is C21H26N2S. The molecule has 24 heavy (non-hydrogen) atoms. The van der Waals surface area contributed by atoms with Crippen LogP contribution >= 0.6 is 12.2 Å². The number of thiocarbonyl (C=S) groups is 1. The molecule has 0 heterocycles. The zero-order valence-electron chi connectivity index (χ0n) is 14.6. The van der Waals surface area contributed by atoms with Gasteiger partial charge in [0.25, 0.3) is 0 Å². The molecule has 126 valence electrons. The Morgan fingerprint density at radius 2 is 1.67 bits per heavy atom. The van der Waals surface area contributed by atoms with Crippen molar-refractivity contribution in [3.63, 3.8) is 0 Å². The third-order valence-electron chi connectivity index (χ3n) is 4.92. The lowest BCUT2D eigenvalue weighted by Crippen LogP contribution is -2.41. The van der Waals surface area contributed by atoms with Gasteiger partial charge in [0, 0.05) is 11.7 Å². The second-order valence-electron chi connectivity index (χ2n) is 6.47. The minimum atomic E-state index is 0.416. The van der Waals surface area contributed by atoms with Gasteiger partial charge < -0.3 is 10.6 Å².